The Bertz CT molecular complexity index is 1310. The van der Waals surface area contributed by atoms with Crippen molar-refractivity contribution in [2.75, 3.05) is 13.7 Å². The maximum Gasteiger partial charge on any atom is 0.254 e. The van der Waals surface area contributed by atoms with Gasteiger partial charge in [-0.25, -0.2) is 9.97 Å². The van der Waals surface area contributed by atoms with Gasteiger partial charge in [-0.05, 0) is 55.5 Å². The minimum atomic E-state index is -0.301. The molecule has 0 fully saturated rings. The van der Waals surface area contributed by atoms with E-state index in [0.29, 0.717) is 12.3 Å². The van der Waals surface area contributed by atoms with Crippen molar-refractivity contribution in [3.8, 4) is 33.3 Å². The minimum absolute atomic E-state index is 0.120. The molecule has 0 spiro atoms. The molecule has 2 aromatic carbocycles. The van der Waals surface area contributed by atoms with Crippen LogP contribution in [-0.2, 0) is 17.9 Å². The molecule has 0 aliphatic rings. The lowest BCUT2D eigenvalue weighted by atomic mass is 10.1. The number of thiazole rings is 1. The molecule has 0 atom stereocenters. The third-order valence-corrected chi connectivity index (χ3v) is 5.95. The number of nitrogens with zero attached hydrogens (tertiary/aromatic N) is 3. The Morgan fingerprint density at radius 3 is 2.44 bits per heavy atom. The molecule has 4 rings (SSSR count). The van der Waals surface area contributed by atoms with Gasteiger partial charge in [0, 0.05) is 22.6 Å². The van der Waals surface area contributed by atoms with E-state index in [9.17, 15) is 9.59 Å². The lowest BCUT2D eigenvalue weighted by Crippen LogP contribution is -2.32. The second-order valence-electron chi connectivity index (χ2n) is 7.35. The van der Waals surface area contributed by atoms with Gasteiger partial charge < -0.3 is 14.8 Å². The zero-order valence-electron chi connectivity index (χ0n) is 18.9. The molecule has 8 nitrogen and oxygen atoms in total. The van der Waals surface area contributed by atoms with E-state index in [4.69, 9.17) is 9.47 Å². The van der Waals surface area contributed by atoms with Gasteiger partial charge in [-0.3, -0.25) is 14.2 Å². The zero-order valence-corrected chi connectivity index (χ0v) is 19.7. The van der Waals surface area contributed by atoms with E-state index in [-0.39, 0.29) is 24.6 Å². The van der Waals surface area contributed by atoms with Crippen molar-refractivity contribution in [1.29, 1.82) is 0 Å². The second-order valence-corrected chi connectivity index (χ2v) is 8.21. The number of nitrogens with one attached hydrogen (secondary N) is 1. The number of ether oxygens (including phenoxy) is 2. The normalized spacial score (nSPS) is 10.6. The van der Waals surface area contributed by atoms with Gasteiger partial charge in [0.25, 0.3) is 5.56 Å². The summed E-state index contributed by atoms with van der Waals surface area (Å²) in [4.78, 5) is 33.8. The van der Waals surface area contributed by atoms with Gasteiger partial charge >= 0.3 is 0 Å². The molecular formula is C25H24N4O4S. The van der Waals surface area contributed by atoms with Crippen LogP contribution in [0.3, 0.4) is 0 Å². The van der Waals surface area contributed by atoms with Gasteiger partial charge in [0.2, 0.25) is 5.91 Å². The average molecular weight is 477 g/mol. The van der Waals surface area contributed by atoms with Crippen LogP contribution in [0.2, 0.25) is 0 Å². The first kappa shape index (κ1) is 23.2. The summed E-state index contributed by atoms with van der Waals surface area (Å²) in [6, 6.07) is 16.4. The summed E-state index contributed by atoms with van der Waals surface area (Å²) in [6.07, 6.45) is 1.39. The van der Waals surface area contributed by atoms with Crippen molar-refractivity contribution in [3.63, 3.8) is 0 Å². The van der Waals surface area contributed by atoms with Crippen molar-refractivity contribution in [1.82, 2.24) is 19.9 Å². The molecule has 0 radical (unpaired) electrons. The number of carbonyl (C=O) groups is 1. The number of hydrogen-bond acceptors (Lipinski definition) is 7. The predicted molar refractivity (Wildman–Crippen MR) is 131 cm³/mol. The predicted octanol–water partition coefficient (Wildman–Crippen LogP) is 3.76. The minimum Gasteiger partial charge on any atom is -0.497 e. The largest absolute Gasteiger partial charge is 0.497 e. The van der Waals surface area contributed by atoms with Crippen LogP contribution in [0.5, 0.6) is 11.5 Å². The van der Waals surface area contributed by atoms with Crippen molar-refractivity contribution in [2.24, 2.45) is 0 Å². The van der Waals surface area contributed by atoms with Gasteiger partial charge in [-0.1, -0.05) is 0 Å². The molecule has 9 heteroatoms. The number of methoxy groups -OCH3 is 1. The SMILES string of the molecule is CCOc1ccc(-c2cc(=O)n(CC(=O)NCc3csc(-c4ccc(OC)cc4)n3)cn2)cc1. The number of hydrogen-bond donors (Lipinski definition) is 1. The monoisotopic (exact) mass is 476 g/mol. The molecule has 1 amide bonds. The quantitative estimate of drug-likeness (QED) is 0.395. The summed E-state index contributed by atoms with van der Waals surface area (Å²) in [5, 5.41) is 5.57. The van der Waals surface area contributed by atoms with Gasteiger partial charge in [0.15, 0.2) is 0 Å². The molecule has 2 aromatic heterocycles. The van der Waals surface area contributed by atoms with Gasteiger partial charge in [0.1, 0.15) is 23.1 Å². The first-order chi connectivity index (χ1) is 16.6. The van der Waals surface area contributed by atoms with Gasteiger partial charge in [0.05, 0.1) is 38.0 Å². The molecule has 0 aliphatic carbocycles. The molecule has 0 aliphatic heterocycles. The molecule has 34 heavy (non-hydrogen) atoms. The number of benzene rings is 2. The maximum absolute atomic E-state index is 12.5. The van der Waals surface area contributed by atoms with E-state index in [1.807, 2.05) is 60.8 Å². The summed E-state index contributed by atoms with van der Waals surface area (Å²) >= 11 is 1.50. The highest BCUT2D eigenvalue weighted by atomic mass is 32.1. The van der Waals surface area contributed by atoms with Crippen LogP contribution in [0, 0.1) is 0 Å². The van der Waals surface area contributed by atoms with E-state index >= 15 is 0 Å². The van der Waals surface area contributed by atoms with E-state index in [1.165, 1.54) is 28.3 Å². The highest BCUT2D eigenvalue weighted by Crippen LogP contribution is 2.25. The number of amides is 1. The Hall–Kier alpha value is -3.98. The number of rotatable bonds is 9. The van der Waals surface area contributed by atoms with E-state index < -0.39 is 0 Å². The van der Waals surface area contributed by atoms with E-state index in [2.05, 4.69) is 15.3 Å². The van der Waals surface area contributed by atoms with Gasteiger partial charge in [-0.15, -0.1) is 11.3 Å². The first-order valence-corrected chi connectivity index (χ1v) is 11.6. The molecule has 0 unspecified atom stereocenters. The van der Waals surface area contributed by atoms with Crippen LogP contribution in [0.1, 0.15) is 12.6 Å². The highest BCUT2D eigenvalue weighted by molar-refractivity contribution is 7.13. The molecule has 174 valence electrons. The second kappa shape index (κ2) is 10.8. The highest BCUT2D eigenvalue weighted by Gasteiger charge is 2.10. The molecule has 4 aromatic rings. The summed E-state index contributed by atoms with van der Waals surface area (Å²) < 4.78 is 11.9. The fraction of sp³-hybridized carbons (Fsp3) is 0.200. The van der Waals surface area contributed by atoms with E-state index in [1.54, 1.807) is 7.11 Å². The Morgan fingerprint density at radius 2 is 1.76 bits per heavy atom. The van der Waals surface area contributed by atoms with Gasteiger partial charge in [-0.2, -0.15) is 0 Å². The Kier molecular flexibility index (Phi) is 7.34. The maximum atomic E-state index is 12.5. The summed E-state index contributed by atoms with van der Waals surface area (Å²) in [5.41, 5.74) is 2.77. The lowest BCUT2D eigenvalue weighted by Gasteiger charge is -2.08. The summed E-state index contributed by atoms with van der Waals surface area (Å²) in [5.74, 6) is 1.24. The van der Waals surface area contributed by atoms with Crippen LogP contribution < -0.4 is 20.3 Å². The molecule has 2 heterocycles. The molecule has 0 bridgehead atoms. The van der Waals surface area contributed by atoms with Crippen molar-refractivity contribution in [3.05, 3.63) is 82.4 Å². The van der Waals surface area contributed by atoms with Crippen LogP contribution >= 0.6 is 11.3 Å². The number of carbonyl (C=O) groups excluding carboxylic acids is 1. The molecule has 0 saturated heterocycles. The third-order valence-electron chi connectivity index (χ3n) is 5.01. The third kappa shape index (κ3) is 5.68. The summed E-state index contributed by atoms with van der Waals surface area (Å²) in [7, 11) is 1.62. The van der Waals surface area contributed by atoms with Crippen molar-refractivity contribution >= 4 is 17.2 Å². The fourth-order valence-corrected chi connectivity index (χ4v) is 4.07. The zero-order chi connectivity index (χ0) is 23.9. The van der Waals surface area contributed by atoms with Crippen LogP contribution in [0.4, 0.5) is 0 Å². The molecule has 1 N–H and O–H groups in total. The topological polar surface area (TPSA) is 95.3 Å². The summed E-state index contributed by atoms with van der Waals surface area (Å²) in [6.45, 7) is 2.66. The van der Waals surface area contributed by atoms with Crippen molar-refractivity contribution in [2.45, 2.75) is 20.0 Å². The fourth-order valence-electron chi connectivity index (χ4n) is 3.25. The average Bonchev–Trinajstić information content (AvgIpc) is 3.34. The first-order valence-electron chi connectivity index (χ1n) is 10.7. The Labute approximate surface area is 200 Å². The van der Waals surface area contributed by atoms with Crippen LogP contribution in [0.25, 0.3) is 21.8 Å². The molecular weight excluding hydrogens is 452 g/mol. The van der Waals surface area contributed by atoms with Crippen LogP contribution in [0.15, 0.2) is 71.1 Å². The smallest absolute Gasteiger partial charge is 0.254 e. The Balaban J connectivity index is 1.34. The van der Waals surface area contributed by atoms with Crippen LogP contribution in [-0.4, -0.2) is 34.2 Å². The molecule has 0 saturated carbocycles. The standard InChI is InChI=1S/C25H24N4O4S/c1-3-33-21-10-4-17(5-11-21)22-12-24(31)29(16-27-22)14-23(30)26-13-19-15-34-25(28-19)18-6-8-20(32-2)9-7-18/h4-12,15-16H,3,13-14H2,1-2H3,(H,26,30). The van der Waals surface area contributed by atoms with Crippen molar-refractivity contribution < 1.29 is 14.3 Å². The Morgan fingerprint density at radius 1 is 1.06 bits per heavy atom. The van der Waals surface area contributed by atoms with E-state index in [0.717, 1.165) is 33.3 Å². The number of aromatic nitrogens is 3. The lowest BCUT2D eigenvalue weighted by molar-refractivity contribution is -0.121.